The minimum atomic E-state index is -1.01. The van der Waals surface area contributed by atoms with E-state index in [1.54, 1.807) is 30.0 Å². The fourth-order valence-corrected chi connectivity index (χ4v) is 3.78. The molecule has 0 fully saturated rings. The van der Waals surface area contributed by atoms with E-state index in [4.69, 9.17) is 9.84 Å². The number of carboxylic acid groups (broad SMARTS) is 1. The number of benzene rings is 3. The fourth-order valence-electron chi connectivity index (χ4n) is 2.91. The molecule has 0 spiro atoms. The summed E-state index contributed by atoms with van der Waals surface area (Å²) in [5, 5.41) is 8.73. The lowest BCUT2D eigenvalue weighted by atomic mass is 9.97. The Balaban J connectivity index is 1.78. The van der Waals surface area contributed by atoms with E-state index in [9.17, 15) is 9.18 Å². The van der Waals surface area contributed by atoms with Crippen molar-refractivity contribution in [2.75, 3.05) is 12.4 Å². The van der Waals surface area contributed by atoms with Crippen LogP contribution < -0.4 is 4.74 Å². The Kier molecular flexibility index (Phi) is 7.09. The SMILES string of the molecule is Cc1cc(SCC=C(c2ccccc2)c2ccccc2F)ccc1OCC(=O)O. The Morgan fingerprint density at radius 1 is 1.07 bits per heavy atom. The largest absolute Gasteiger partial charge is 0.482 e. The van der Waals surface area contributed by atoms with Crippen LogP contribution in [-0.4, -0.2) is 23.4 Å². The van der Waals surface area contributed by atoms with Crippen molar-refractivity contribution in [3.05, 3.63) is 101 Å². The lowest BCUT2D eigenvalue weighted by molar-refractivity contribution is -0.139. The van der Waals surface area contributed by atoms with Crippen molar-refractivity contribution in [3.8, 4) is 5.75 Å². The van der Waals surface area contributed by atoms with Crippen LogP contribution in [0.3, 0.4) is 0 Å². The first-order chi connectivity index (χ1) is 14.0. The molecule has 3 aromatic carbocycles. The van der Waals surface area contributed by atoms with Crippen LogP contribution in [0.5, 0.6) is 5.75 Å². The van der Waals surface area contributed by atoms with Gasteiger partial charge in [0.2, 0.25) is 0 Å². The van der Waals surface area contributed by atoms with Crippen LogP contribution in [0.15, 0.2) is 83.8 Å². The molecule has 3 aromatic rings. The molecule has 0 aromatic heterocycles. The van der Waals surface area contributed by atoms with Gasteiger partial charge in [0.15, 0.2) is 6.61 Å². The summed E-state index contributed by atoms with van der Waals surface area (Å²) in [5.41, 5.74) is 3.27. The maximum absolute atomic E-state index is 14.4. The van der Waals surface area contributed by atoms with Crippen molar-refractivity contribution in [2.24, 2.45) is 0 Å². The van der Waals surface area contributed by atoms with E-state index < -0.39 is 5.97 Å². The van der Waals surface area contributed by atoms with Gasteiger partial charge in [-0.15, -0.1) is 11.8 Å². The van der Waals surface area contributed by atoms with E-state index in [0.717, 1.165) is 21.6 Å². The van der Waals surface area contributed by atoms with E-state index in [1.807, 2.05) is 61.5 Å². The average Bonchev–Trinajstić information content (AvgIpc) is 2.72. The molecule has 0 aliphatic carbocycles. The molecule has 0 atom stereocenters. The number of carboxylic acids is 1. The van der Waals surface area contributed by atoms with Crippen LogP contribution in [0.1, 0.15) is 16.7 Å². The molecule has 0 amide bonds. The average molecular weight is 408 g/mol. The Morgan fingerprint density at radius 3 is 2.48 bits per heavy atom. The molecule has 0 aliphatic heterocycles. The van der Waals surface area contributed by atoms with Gasteiger partial charge < -0.3 is 9.84 Å². The van der Waals surface area contributed by atoms with Crippen LogP contribution >= 0.6 is 11.8 Å². The second-order valence-corrected chi connectivity index (χ2v) is 7.48. The molecule has 3 nitrogen and oxygen atoms in total. The number of rotatable bonds is 8. The van der Waals surface area contributed by atoms with Gasteiger partial charge in [-0.2, -0.15) is 0 Å². The van der Waals surface area contributed by atoms with Crippen molar-refractivity contribution in [3.63, 3.8) is 0 Å². The molecule has 29 heavy (non-hydrogen) atoms. The van der Waals surface area contributed by atoms with Crippen molar-refractivity contribution in [2.45, 2.75) is 11.8 Å². The molecule has 148 valence electrons. The molecule has 0 radical (unpaired) electrons. The number of carbonyl (C=O) groups is 1. The van der Waals surface area contributed by atoms with Crippen molar-refractivity contribution >= 4 is 23.3 Å². The molecule has 0 bridgehead atoms. The summed E-state index contributed by atoms with van der Waals surface area (Å²) >= 11 is 1.62. The van der Waals surface area contributed by atoms with E-state index in [0.29, 0.717) is 17.1 Å². The Labute approximate surface area is 173 Å². The molecule has 0 unspecified atom stereocenters. The number of thioether (sulfide) groups is 1. The van der Waals surface area contributed by atoms with Crippen molar-refractivity contribution < 1.29 is 19.0 Å². The van der Waals surface area contributed by atoms with Gasteiger partial charge in [0, 0.05) is 16.2 Å². The van der Waals surface area contributed by atoms with E-state index in [-0.39, 0.29) is 12.4 Å². The summed E-state index contributed by atoms with van der Waals surface area (Å²) in [4.78, 5) is 11.7. The summed E-state index contributed by atoms with van der Waals surface area (Å²) in [6.45, 7) is 1.52. The highest BCUT2D eigenvalue weighted by Gasteiger charge is 2.10. The molecule has 0 saturated carbocycles. The fraction of sp³-hybridized carbons (Fsp3) is 0.125. The summed E-state index contributed by atoms with van der Waals surface area (Å²) in [7, 11) is 0. The first-order valence-electron chi connectivity index (χ1n) is 9.13. The first-order valence-corrected chi connectivity index (χ1v) is 10.1. The van der Waals surface area contributed by atoms with Crippen LogP contribution in [0, 0.1) is 12.7 Å². The zero-order valence-electron chi connectivity index (χ0n) is 16.0. The third-order valence-corrected chi connectivity index (χ3v) is 5.20. The monoisotopic (exact) mass is 408 g/mol. The van der Waals surface area contributed by atoms with Crippen molar-refractivity contribution in [1.29, 1.82) is 0 Å². The maximum atomic E-state index is 14.4. The quantitative estimate of drug-likeness (QED) is 0.477. The van der Waals surface area contributed by atoms with Crippen LogP contribution in [0.25, 0.3) is 5.57 Å². The number of aryl methyl sites for hydroxylation is 1. The highest BCUT2D eigenvalue weighted by atomic mass is 32.2. The summed E-state index contributed by atoms with van der Waals surface area (Å²) in [6.07, 6.45) is 2.03. The van der Waals surface area contributed by atoms with E-state index >= 15 is 0 Å². The lowest BCUT2D eigenvalue weighted by Gasteiger charge is -2.11. The standard InChI is InChI=1S/C24H21FO3S/c1-17-15-19(11-12-23(17)28-16-24(26)27)29-14-13-20(18-7-3-2-4-8-18)21-9-5-6-10-22(21)25/h2-13,15H,14,16H2,1H3,(H,26,27). The number of hydrogen-bond acceptors (Lipinski definition) is 3. The predicted molar refractivity (Wildman–Crippen MR) is 115 cm³/mol. The number of halogens is 1. The molecule has 0 heterocycles. The van der Waals surface area contributed by atoms with E-state index in [2.05, 4.69) is 0 Å². The van der Waals surface area contributed by atoms with Gasteiger partial charge in [-0.25, -0.2) is 9.18 Å². The summed E-state index contributed by atoms with van der Waals surface area (Å²) in [5.74, 6) is -0.0329. The third-order valence-electron chi connectivity index (χ3n) is 4.28. The molecular formula is C24H21FO3S. The second-order valence-electron chi connectivity index (χ2n) is 6.38. The Morgan fingerprint density at radius 2 is 1.79 bits per heavy atom. The Hall–Kier alpha value is -3.05. The zero-order valence-corrected chi connectivity index (χ0v) is 16.8. The van der Waals surface area contributed by atoms with Crippen LogP contribution in [0.2, 0.25) is 0 Å². The van der Waals surface area contributed by atoms with Gasteiger partial charge in [0.1, 0.15) is 11.6 Å². The zero-order chi connectivity index (χ0) is 20.6. The molecule has 0 saturated heterocycles. The highest BCUT2D eigenvalue weighted by Crippen LogP contribution is 2.29. The number of ether oxygens (including phenoxy) is 1. The second kappa shape index (κ2) is 9.94. The molecule has 0 aliphatic rings. The lowest BCUT2D eigenvalue weighted by Crippen LogP contribution is -2.09. The molecule has 3 rings (SSSR count). The molecule has 1 N–H and O–H groups in total. The smallest absolute Gasteiger partial charge is 0.341 e. The van der Waals surface area contributed by atoms with Gasteiger partial charge in [-0.3, -0.25) is 0 Å². The third kappa shape index (κ3) is 5.72. The van der Waals surface area contributed by atoms with Crippen molar-refractivity contribution in [1.82, 2.24) is 0 Å². The summed E-state index contributed by atoms with van der Waals surface area (Å²) < 4.78 is 19.7. The topological polar surface area (TPSA) is 46.5 Å². The highest BCUT2D eigenvalue weighted by molar-refractivity contribution is 7.99. The van der Waals surface area contributed by atoms with Gasteiger partial charge >= 0.3 is 5.97 Å². The van der Waals surface area contributed by atoms with Gasteiger partial charge in [-0.05, 0) is 47.9 Å². The number of aliphatic carboxylic acids is 1. The minimum Gasteiger partial charge on any atom is -0.482 e. The van der Waals surface area contributed by atoms with Crippen LogP contribution in [0.4, 0.5) is 4.39 Å². The molecular weight excluding hydrogens is 387 g/mol. The molecule has 5 heteroatoms. The maximum Gasteiger partial charge on any atom is 0.341 e. The Bertz CT molecular complexity index is 1020. The summed E-state index contributed by atoms with van der Waals surface area (Å²) in [6, 6.07) is 22.2. The van der Waals surface area contributed by atoms with Gasteiger partial charge in [0.05, 0.1) is 0 Å². The van der Waals surface area contributed by atoms with Gasteiger partial charge in [0.25, 0.3) is 0 Å². The van der Waals surface area contributed by atoms with Gasteiger partial charge in [-0.1, -0.05) is 54.6 Å². The first kappa shape index (κ1) is 20.7. The minimum absolute atomic E-state index is 0.247. The number of hydrogen-bond donors (Lipinski definition) is 1. The van der Waals surface area contributed by atoms with Crippen LogP contribution in [-0.2, 0) is 4.79 Å². The predicted octanol–water partition coefficient (Wildman–Crippen LogP) is 5.82. The van der Waals surface area contributed by atoms with E-state index in [1.165, 1.54) is 6.07 Å². The normalized spacial score (nSPS) is 11.3.